The molecule has 0 heterocycles. The quantitative estimate of drug-likeness (QED) is 0.425. The van der Waals surface area contributed by atoms with Gasteiger partial charge in [0.15, 0.2) is 0 Å². The summed E-state index contributed by atoms with van der Waals surface area (Å²) >= 11 is 6.27. The minimum Gasteiger partial charge on any atom is -0.507 e. The van der Waals surface area contributed by atoms with Crippen LogP contribution in [0.4, 0.5) is 0 Å². The van der Waals surface area contributed by atoms with E-state index in [2.05, 4.69) is 88.9 Å². The minimum atomic E-state index is -0.0585. The lowest BCUT2D eigenvalue weighted by molar-refractivity contribution is 0.117. The molecule has 0 aliphatic carbocycles. The molecule has 3 aromatic rings. The van der Waals surface area contributed by atoms with Gasteiger partial charge in [0, 0.05) is 34.8 Å². The van der Waals surface area contributed by atoms with Gasteiger partial charge in [-0.15, -0.1) is 0 Å². The van der Waals surface area contributed by atoms with Crippen molar-refractivity contribution < 1.29 is 5.11 Å². The minimum absolute atomic E-state index is 0.0370. The highest BCUT2D eigenvalue weighted by atomic mass is 35.5. The Morgan fingerprint density at radius 2 is 1.50 bits per heavy atom. The first-order valence-corrected chi connectivity index (χ1v) is 11.7. The number of phenolic OH excluding ortho intramolecular Hbond substituents is 1. The van der Waals surface area contributed by atoms with E-state index in [0.717, 1.165) is 33.8 Å². The first kappa shape index (κ1) is 24.4. The van der Waals surface area contributed by atoms with Crippen molar-refractivity contribution in [2.24, 2.45) is 0 Å². The fourth-order valence-corrected chi connectivity index (χ4v) is 3.94. The van der Waals surface area contributed by atoms with Crippen molar-refractivity contribution in [1.29, 1.82) is 0 Å². The number of phenols is 1. The summed E-state index contributed by atoms with van der Waals surface area (Å²) in [5, 5.41) is 12.2. The maximum absolute atomic E-state index is 11.4. The van der Waals surface area contributed by atoms with Crippen molar-refractivity contribution >= 4 is 11.6 Å². The zero-order valence-corrected chi connectivity index (χ0v) is 21.2. The lowest BCUT2D eigenvalue weighted by Gasteiger charge is -2.36. The molecule has 0 unspecified atom stereocenters. The number of aromatic hydroxyl groups is 1. The van der Waals surface area contributed by atoms with Gasteiger partial charge in [-0.25, -0.2) is 0 Å². The third-order valence-electron chi connectivity index (χ3n) is 6.05. The molecule has 2 nitrogen and oxygen atoms in total. The number of aryl methyl sites for hydroxylation is 1. The van der Waals surface area contributed by atoms with Crippen LogP contribution in [-0.2, 0) is 18.5 Å². The van der Waals surface area contributed by atoms with Crippen molar-refractivity contribution in [2.45, 2.75) is 72.5 Å². The molecule has 0 spiro atoms. The number of rotatable bonds is 5. The standard InChI is InChI=1S/C29H36ClNO/c1-20-15-22(13-14-26(20)30)25-17-24(28(2,3)4)16-23(27(25)32)19-31(29(5,6)7)18-21-11-9-8-10-12-21/h8-17,32H,18-19H2,1-7H3. The Kier molecular flexibility index (Phi) is 7.07. The van der Waals surface area contributed by atoms with Crippen LogP contribution < -0.4 is 0 Å². The highest BCUT2D eigenvalue weighted by Crippen LogP contribution is 2.39. The summed E-state index contributed by atoms with van der Waals surface area (Å²) < 4.78 is 0. The molecule has 0 bridgehead atoms. The largest absolute Gasteiger partial charge is 0.507 e. The molecule has 32 heavy (non-hydrogen) atoms. The van der Waals surface area contributed by atoms with Gasteiger partial charge < -0.3 is 5.11 Å². The van der Waals surface area contributed by atoms with E-state index in [-0.39, 0.29) is 11.0 Å². The second-order valence-electron chi connectivity index (χ2n) is 10.8. The van der Waals surface area contributed by atoms with E-state index >= 15 is 0 Å². The third-order valence-corrected chi connectivity index (χ3v) is 6.47. The lowest BCUT2D eigenvalue weighted by atomic mass is 9.83. The third kappa shape index (κ3) is 5.74. The summed E-state index contributed by atoms with van der Waals surface area (Å²) in [5.74, 6) is 0.349. The molecule has 0 amide bonds. The van der Waals surface area contributed by atoms with Crippen molar-refractivity contribution in [1.82, 2.24) is 4.90 Å². The number of halogens is 1. The highest BCUT2D eigenvalue weighted by Gasteiger charge is 2.25. The number of hydrogen-bond acceptors (Lipinski definition) is 2. The molecule has 170 valence electrons. The van der Waals surface area contributed by atoms with Crippen molar-refractivity contribution in [3.8, 4) is 16.9 Å². The molecule has 0 atom stereocenters. The van der Waals surface area contributed by atoms with E-state index in [1.54, 1.807) is 0 Å². The summed E-state index contributed by atoms with van der Waals surface area (Å²) in [4.78, 5) is 2.42. The van der Waals surface area contributed by atoms with E-state index in [4.69, 9.17) is 11.6 Å². The fourth-order valence-electron chi connectivity index (χ4n) is 3.82. The van der Waals surface area contributed by atoms with Crippen molar-refractivity contribution in [3.05, 3.63) is 87.9 Å². The van der Waals surface area contributed by atoms with Gasteiger partial charge in [0.05, 0.1) is 0 Å². The van der Waals surface area contributed by atoms with E-state index < -0.39 is 0 Å². The predicted octanol–water partition coefficient (Wildman–Crippen LogP) is 8.12. The Bertz CT molecular complexity index is 1070. The second kappa shape index (κ2) is 9.29. The first-order valence-electron chi connectivity index (χ1n) is 11.3. The SMILES string of the molecule is Cc1cc(-c2cc(C(C)(C)C)cc(CN(Cc3ccccc3)C(C)(C)C)c2O)ccc1Cl. The van der Waals surface area contributed by atoms with Gasteiger partial charge in [-0.2, -0.15) is 0 Å². The van der Waals surface area contributed by atoms with Gasteiger partial charge in [-0.3, -0.25) is 4.90 Å². The topological polar surface area (TPSA) is 23.5 Å². The van der Waals surface area contributed by atoms with Crippen molar-refractivity contribution in [3.63, 3.8) is 0 Å². The van der Waals surface area contributed by atoms with Crippen LogP contribution in [0.1, 0.15) is 63.8 Å². The zero-order chi connectivity index (χ0) is 23.7. The van der Waals surface area contributed by atoms with E-state index in [1.807, 2.05) is 25.1 Å². The number of nitrogens with zero attached hydrogens (tertiary/aromatic N) is 1. The maximum Gasteiger partial charge on any atom is 0.127 e. The predicted molar refractivity (Wildman–Crippen MR) is 137 cm³/mol. The van der Waals surface area contributed by atoms with Gasteiger partial charge in [0.25, 0.3) is 0 Å². The lowest BCUT2D eigenvalue weighted by Crippen LogP contribution is -2.40. The van der Waals surface area contributed by atoms with E-state index in [0.29, 0.717) is 12.3 Å². The first-order chi connectivity index (χ1) is 14.9. The van der Waals surface area contributed by atoms with Crippen molar-refractivity contribution in [2.75, 3.05) is 0 Å². The van der Waals surface area contributed by atoms with Crippen LogP contribution in [-0.4, -0.2) is 15.5 Å². The van der Waals surface area contributed by atoms with Gasteiger partial charge >= 0.3 is 0 Å². The molecule has 3 heteroatoms. The molecule has 0 aliphatic heterocycles. The molecular formula is C29H36ClNO. The van der Waals surface area contributed by atoms with Gasteiger partial charge in [-0.1, -0.05) is 74.8 Å². The average molecular weight is 450 g/mol. The molecule has 0 saturated heterocycles. The molecule has 1 N–H and O–H groups in total. The van der Waals surface area contributed by atoms with Crippen LogP contribution in [0.3, 0.4) is 0 Å². The van der Waals surface area contributed by atoms with E-state index in [9.17, 15) is 5.11 Å². The molecule has 3 rings (SSSR count). The summed E-state index contributed by atoms with van der Waals surface area (Å²) in [6.07, 6.45) is 0. The van der Waals surface area contributed by atoms with Crippen LogP contribution in [0.5, 0.6) is 5.75 Å². The van der Waals surface area contributed by atoms with Crippen LogP contribution in [0.2, 0.25) is 5.02 Å². The summed E-state index contributed by atoms with van der Waals surface area (Å²) in [6.45, 7) is 16.8. The number of hydrogen-bond donors (Lipinski definition) is 1. The Hall–Kier alpha value is -2.29. The second-order valence-corrected chi connectivity index (χ2v) is 11.2. The van der Waals surface area contributed by atoms with Gasteiger partial charge in [0.1, 0.15) is 5.75 Å². The molecule has 0 saturated carbocycles. The molecule has 0 aliphatic rings. The Morgan fingerprint density at radius 3 is 2.06 bits per heavy atom. The van der Waals surface area contributed by atoms with Gasteiger partial charge in [-0.05, 0) is 73.6 Å². The van der Waals surface area contributed by atoms with Crippen LogP contribution in [0, 0.1) is 6.92 Å². The van der Waals surface area contributed by atoms with Gasteiger partial charge in [0.2, 0.25) is 0 Å². The summed E-state index contributed by atoms with van der Waals surface area (Å²) in [6, 6.07) is 20.8. The zero-order valence-electron chi connectivity index (χ0n) is 20.5. The summed E-state index contributed by atoms with van der Waals surface area (Å²) in [7, 11) is 0. The molecule has 0 radical (unpaired) electrons. The smallest absolute Gasteiger partial charge is 0.127 e. The average Bonchev–Trinajstić information content (AvgIpc) is 2.70. The Balaban J connectivity index is 2.10. The Morgan fingerprint density at radius 1 is 0.844 bits per heavy atom. The van der Waals surface area contributed by atoms with E-state index in [1.165, 1.54) is 11.1 Å². The monoisotopic (exact) mass is 449 g/mol. The van der Waals surface area contributed by atoms with Crippen LogP contribution in [0.15, 0.2) is 60.7 Å². The summed E-state index contributed by atoms with van der Waals surface area (Å²) in [5.41, 5.74) is 6.19. The molecule has 0 fully saturated rings. The fraction of sp³-hybridized carbons (Fsp3) is 0.379. The molecule has 0 aromatic heterocycles. The maximum atomic E-state index is 11.4. The molecular weight excluding hydrogens is 414 g/mol. The number of benzene rings is 3. The van der Waals surface area contributed by atoms with Crippen LogP contribution >= 0.6 is 11.6 Å². The highest BCUT2D eigenvalue weighted by molar-refractivity contribution is 6.31. The van der Waals surface area contributed by atoms with Crippen LogP contribution in [0.25, 0.3) is 11.1 Å². The normalized spacial score (nSPS) is 12.4. The Labute approximate surface area is 198 Å². The molecule has 3 aromatic carbocycles.